The summed E-state index contributed by atoms with van der Waals surface area (Å²) in [7, 11) is 0. The van der Waals surface area contributed by atoms with Crippen molar-refractivity contribution in [1.82, 2.24) is 0 Å². The Labute approximate surface area is 346 Å². The molecule has 2 aliphatic carbocycles. The second-order valence-electron chi connectivity index (χ2n) is 18.6. The van der Waals surface area contributed by atoms with E-state index in [4.69, 9.17) is 0 Å². The molecule has 1 aromatic heterocycles. The lowest BCUT2D eigenvalue weighted by Gasteiger charge is -2.31. The lowest BCUT2D eigenvalue weighted by molar-refractivity contribution is 0.591. The van der Waals surface area contributed by atoms with Gasteiger partial charge in [0.15, 0.2) is 0 Å². The Morgan fingerprint density at radius 1 is 0.431 bits per heavy atom. The Kier molecular flexibility index (Phi) is 7.45. The lowest BCUT2D eigenvalue weighted by atomic mass is 9.82. The van der Waals surface area contributed by atoms with Gasteiger partial charge in [0.2, 0.25) is 0 Å². The molecule has 0 saturated carbocycles. The summed E-state index contributed by atoms with van der Waals surface area (Å²) in [5.74, 6) is 0. The monoisotopic (exact) mass is 765 g/mol. The third-order valence-electron chi connectivity index (χ3n) is 13.4. The van der Waals surface area contributed by atoms with Gasteiger partial charge in [0, 0.05) is 47.9 Å². The van der Waals surface area contributed by atoms with E-state index in [1.54, 1.807) is 0 Å². The van der Waals surface area contributed by atoms with Crippen molar-refractivity contribution >= 4 is 59.3 Å². The van der Waals surface area contributed by atoms with E-state index in [9.17, 15) is 0 Å². The Morgan fingerprint density at radius 3 is 1.60 bits per heavy atom. The van der Waals surface area contributed by atoms with Crippen LogP contribution in [-0.4, -0.2) is 0 Å². The van der Waals surface area contributed by atoms with Crippen LogP contribution in [-0.2, 0) is 16.2 Å². The third-order valence-corrected chi connectivity index (χ3v) is 14.5. The average molecular weight is 766 g/mol. The van der Waals surface area contributed by atoms with Crippen LogP contribution in [0.4, 0.5) is 17.1 Å². The Bertz CT molecular complexity index is 3060. The molecular weight excluding hydrogens is 719 g/mol. The molecule has 0 radical (unpaired) electrons. The molecule has 0 saturated heterocycles. The summed E-state index contributed by atoms with van der Waals surface area (Å²) in [4.78, 5) is 2.54. The van der Waals surface area contributed by atoms with Gasteiger partial charge in [-0.1, -0.05) is 164 Å². The van der Waals surface area contributed by atoms with E-state index in [0.717, 1.165) is 0 Å². The second-order valence-corrected chi connectivity index (χ2v) is 19.6. The lowest BCUT2D eigenvalue weighted by Crippen LogP contribution is -2.18. The molecule has 11 rings (SSSR count). The van der Waals surface area contributed by atoms with Gasteiger partial charge in [0.05, 0.1) is 5.69 Å². The molecule has 0 unspecified atom stereocenters. The first-order chi connectivity index (χ1) is 27.9. The average Bonchev–Trinajstić information content (AvgIpc) is 3.80. The van der Waals surface area contributed by atoms with Gasteiger partial charge in [0.1, 0.15) is 0 Å². The fourth-order valence-electron chi connectivity index (χ4n) is 10.3. The van der Waals surface area contributed by atoms with Gasteiger partial charge < -0.3 is 4.90 Å². The largest absolute Gasteiger partial charge is 0.310 e. The maximum absolute atomic E-state index is 2.54. The van der Waals surface area contributed by atoms with Gasteiger partial charge in [-0.15, -0.1) is 11.3 Å². The molecule has 58 heavy (non-hydrogen) atoms. The van der Waals surface area contributed by atoms with Crippen molar-refractivity contribution < 1.29 is 0 Å². The van der Waals surface area contributed by atoms with Crippen LogP contribution < -0.4 is 4.90 Å². The summed E-state index contributed by atoms with van der Waals surface area (Å²) in [6.07, 6.45) is 0. The van der Waals surface area contributed by atoms with Crippen LogP contribution in [0.1, 0.15) is 76.3 Å². The first kappa shape index (κ1) is 35.2. The molecule has 0 aliphatic heterocycles. The molecule has 2 aliphatic rings. The zero-order chi connectivity index (χ0) is 39.7. The fraction of sp³-hybridized carbons (Fsp3) is 0.179. The highest BCUT2D eigenvalue weighted by atomic mass is 32.1. The molecule has 0 atom stereocenters. The highest BCUT2D eigenvalue weighted by molar-refractivity contribution is 7.26. The third kappa shape index (κ3) is 5.01. The van der Waals surface area contributed by atoms with Gasteiger partial charge >= 0.3 is 0 Å². The second kappa shape index (κ2) is 12.3. The molecule has 282 valence electrons. The maximum Gasteiger partial charge on any atom is 0.0540 e. The first-order valence-corrected chi connectivity index (χ1v) is 21.5. The van der Waals surface area contributed by atoms with E-state index < -0.39 is 0 Å². The van der Waals surface area contributed by atoms with Crippen LogP contribution in [0.2, 0.25) is 0 Å². The Balaban J connectivity index is 1.17. The van der Waals surface area contributed by atoms with Crippen molar-refractivity contribution in [3.63, 3.8) is 0 Å². The summed E-state index contributed by atoms with van der Waals surface area (Å²) < 4.78 is 2.68. The number of anilines is 3. The van der Waals surface area contributed by atoms with Crippen LogP contribution >= 0.6 is 11.3 Å². The molecule has 0 N–H and O–H groups in total. The van der Waals surface area contributed by atoms with E-state index in [1.165, 1.54) is 109 Å². The molecule has 8 aromatic carbocycles. The molecule has 0 amide bonds. The highest BCUT2D eigenvalue weighted by Crippen LogP contribution is 2.54. The number of benzene rings is 8. The first-order valence-electron chi connectivity index (χ1n) is 20.7. The number of hydrogen-bond acceptors (Lipinski definition) is 2. The van der Waals surface area contributed by atoms with Gasteiger partial charge in [-0.3, -0.25) is 0 Å². The number of hydrogen-bond donors (Lipinski definition) is 0. The Hall–Kier alpha value is -5.96. The summed E-state index contributed by atoms with van der Waals surface area (Å²) in [5, 5.41) is 5.27. The minimum Gasteiger partial charge on any atom is -0.310 e. The minimum atomic E-state index is -0.122. The van der Waals surface area contributed by atoms with Crippen molar-refractivity contribution in [2.24, 2.45) is 0 Å². The molecule has 2 heteroatoms. The highest BCUT2D eigenvalue weighted by Gasteiger charge is 2.38. The summed E-state index contributed by atoms with van der Waals surface area (Å²) >= 11 is 1.92. The van der Waals surface area contributed by atoms with E-state index in [1.807, 2.05) is 11.3 Å². The fourth-order valence-corrected chi connectivity index (χ4v) is 11.5. The maximum atomic E-state index is 2.54. The SMILES string of the molecule is CC(C)(C)c1ccc2c(c1)sc1ccc3cccc(-c4ccccc4N(c4ccc5c(c4)C(C)(C)c4ccccc4-5)c4ccc5c(c4)C(C)(C)c4ccccc4-5)c3c12. The molecular formula is C56H47NS. The van der Waals surface area contributed by atoms with Crippen molar-refractivity contribution in [3.8, 4) is 33.4 Å². The molecule has 9 aromatic rings. The van der Waals surface area contributed by atoms with Crippen LogP contribution in [0.15, 0.2) is 158 Å². The van der Waals surface area contributed by atoms with Crippen LogP contribution in [0, 0.1) is 0 Å². The van der Waals surface area contributed by atoms with Crippen LogP contribution in [0.5, 0.6) is 0 Å². The van der Waals surface area contributed by atoms with Crippen LogP contribution in [0.3, 0.4) is 0 Å². The minimum absolute atomic E-state index is 0.0884. The van der Waals surface area contributed by atoms with Crippen molar-refractivity contribution in [2.75, 3.05) is 4.90 Å². The predicted molar refractivity (Wildman–Crippen MR) is 251 cm³/mol. The van der Waals surface area contributed by atoms with E-state index >= 15 is 0 Å². The zero-order valence-electron chi connectivity index (χ0n) is 34.4. The van der Waals surface area contributed by atoms with E-state index in [-0.39, 0.29) is 16.2 Å². The van der Waals surface area contributed by atoms with Crippen molar-refractivity contribution in [1.29, 1.82) is 0 Å². The summed E-state index contributed by atoms with van der Waals surface area (Å²) in [6, 6.07) is 60.0. The van der Waals surface area contributed by atoms with Gasteiger partial charge in [-0.25, -0.2) is 0 Å². The van der Waals surface area contributed by atoms with Gasteiger partial charge in [0.25, 0.3) is 0 Å². The van der Waals surface area contributed by atoms with E-state index in [0.29, 0.717) is 0 Å². The smallest absolute Gasteiger partial charge is 0.0540 e. The van der Waals surface area contributed by atoms with Gasteiger partial charge in [-0.2, -0.15) is 0 Å². The van der Waals surface area contributed by atoms with Crippen molar-refractivity contribution in [2.45, 2.75) is 64.7 Å². The number of fused-ring (bicyclic) bond motifs is 11. The Morgan fingerprint density at radius 2 is 0.983 bits per heavy atom. The predicted octanol–water partition coefficient (Wildman–Crippen LogP) is 16.3. The summed E-state index contributed by atoms with van der Waals surface area (Å²) in [6.45, 7) is 16.4. The van der Waals surface area contributed by atoms with Crippen molar-refractivity contribution in [3.05, 3.63) is 186 Å². The topological polar surface area (TPSA) is 3.24 Å². The number of para-hydroxylation sites is 1. The summed E-state index contributed by atoms with van der Waals surface area (Å²) in [5.41, 5.74) is 18.1. The zero-order valence-corrected chi connectivity index (χ0v) is 35.2. The molecule has 0 bridgehead atoms. The number of thiophene rings is 1. The quantitative estimate of drug-likeness (QED) is 0.172. The van der Waals surface area contributed by atoms with Crippen LogP contribution in [0.25, 0.3) is 64.3 Å². The molecule has 0 fully saturated rings. The number of rotatable bonds is 4. The molecule has 0 spiro atoms. The normalized spacial score (nSPS) is 14.7. The van der Waals surface area contributed by atoms with Gasteiger partial charge in [-0.05, 0) is 114 Å². The molecule has 1 nitrogen and oxygen atoms in total. The number of nitrogens with zero attached hydrogens (tertiary/aromatic N) is 1. The molecule has 1 heterocycles. The standard InChI is InChI=1S/C56H47NS/c1-54(2,3)35-24-27-44-51(31-35)58-50-30-23-34-15-14-19-43(52(34)53(44)50)42-18-10-13-22-49(42)57(36-25-28-40-38-16-8-11-20-45(38)55(4,5)47(40)32-36)37-26-29-41-39-17-9-12-21-46(39)56(6,7)48(41)33-37/h8-33H,1-7H3. The van der Waals surface area contributed by atoms with E-state index in [2.05, 4.69) is 211 Å².